The van der Waals surface area contributed by atoms with E-state index in [0.29, 0.717) is 17.8 Å². The summed E-state index contributed by atoms with van der Waals surface area (Å²) in [6.07, 6.45) is 20.7. The van der Waals surface area contributed by atoms with Crippen LogP contribution in [0.1, 0.15) is 92.4 Å². The van der Waals surface area contributed by atoms with E-state index in [2.05, 4.69) is 79.8 Å². The van der Waals surface area contributed by atoms with Crippen molar-refractivity contribution in [2.45, 2.75) is 70.1 Å². The van der Waals surface area contributed by atoms with E-state index in [1.54, 1.807) is 0 Å². The molecule has 2 atom stereocenters. The first-order valence-corrected chi connectivity index (χ1v) is 11.4. The lowest BCUT2D eigenvalue weighted by Gasteiger charge is -2.29. The van der Waals surface area contributed by atoms with Crippen molar-refractivity contribution in [2.75, 3.05) is 0 Å². The van der Waals surface area contributed by atoms with Crippen molar-refractivity contribution >= 4 is 12.2 Å². The van der Waals surface area contributed by atoms with Crippen molar-refractivity contribution in [1.29, 1.82) is 0 Å². The number of hydrogen-bond donors (Lipinski definition) is 0. The number of fused-ring (bicyclic) bond motifs is 2. The van der Waals surface area contributed by atoms with Crippen molar-refractivity contribution < 1.29 is 0 Å². The molecule has 28 heavy (non-hydrogen) atoms. The second-order valence-corrected chi connectivity index (χ2v) is 8.60. The van der Waals surface area contributed by atoms with Gasteiger partial charge in [-0.3, -0.25) is 0 Å². The minimum absolute atomic E-state index is 0.553. The van der Waals surface area contributed by atoms with E-state index in [4.69, 9.17) is 0 Å². The minimum Gasteiger partial charge on any atom is -0.0761 e. The van der Waals surface area contributed by atoms with E-state index >= 15 is 0 Å². The first-order chi connectivity index (χ1) is 13.9. The molecule has 0 heterocycles. The van der Waals surface area contributed by atoms with Crippen LogP contribution in [-0.2, 0) is 0 Å². The summed E-state index contributed by atoms with van der Waals surface area (Å²) in [7, 11) is 0. The highest BCUT2D eigenvalue weighted by Gasteiger charge is 2.33. The van der Waals surface area contributed by atoms with Crippen LogP contribution in [0.3, 0.4) is 0 Å². The second kappa shape index (κ2) is 9.41. The summed E-state index contributed by atoms with van der Waals surface area (Å²) in [6.45, 7) is 2.30. The van der Waals surface area contributed by atoms with Crippen LogP contribution in [0.4, 0.5) is 0 Å². The quantitative estimate of drug-likeness (QED) is 0.368. The van der Waals surface area contributed by atoms with Crippen LogP contribution in [-0.4, -0.2) is 0 Å². The Kier molecular flexibility index (Phi) is 6.47. The highest BCUT2D eigenvalue weighted by atomic mass is 14.4. The normalized spacial score (nSPS) is 20.3. The summed E-state index contributed by atoms with van der Waals surface area (Å²) in [6, 6.07) is 18.0. The van der Waals surface area contributed by atoms with Crippen molar-refractivity contribution in [2.24, 2.45) is 5.92 Å². The van der Waals surface area contributed by atoms with Crippen LogP contribution >= 0.6 is 0 Å². The number of rotatable bonds is 10. The Balaban J connectivity index is 1.47. The maximum Gasteiger partial charge on any atom is 0.00643 e. The van der Waals surface area contributed by atoms with Gasteiger partial charge in [0.15, 0.2) is 0 Å². The largest absolute Gasteiger partial charge is 0.0761 e. The average Bonchev–Trinajstić information content (AvgIpc) is 3.35. The van der Waals surface area contributed by atoms with E-state index in [1.165, 1.54) is 73.6 Å². The Hall–Kier alpha value is -2.08. The van der Waals surface area contributed by atoms with Gasteiger partial charge in [0.2, 0.25) is 0 Å². The highest BCUT2D eigenvalue weighted by Crippen LogP contribution is 2.47. The molecular formula is C28H34. The fourth-order valence-electron chi connectivity index (χ4n) is 5.22. The molecule has 0 aliphatic heterocycles. The lowest BCUT2D eigenvalue weighted by Crippen LogP contribution is -2.17. The molecule has 0 fully saturated rings. The molecule has 0 radical (unpaired) electrons. The van der Waals surface area contributed by atoms with E-state index in [0.717, 1.165) is 0 Å². The first-order valence-electron chi connectivity index (χ1n) is 11.4. The summed E-state index contributed by atoms with van der Waals surface area (Å²) in [5, 5.41) is 0. The highest BCUT2D eigenvalue weighted by molar-refractivity contribution is 5.65. The van der Waals surface area contributed by atoms with E-state index in [-0.39, 0.29) is 0 Å². The molecule has 0 amide bonds. The van der Waals surface area contributed by atoms with Gasteiger partial charge in [-0.15, -0.1) is 0 Å². The van der Waals surface area contributed by atoms with Crippen LogP contribution in [0.15, 0.2) is 60.7 Å². The zero-order valence-corrected chi connectivity index (χ0v) is 17.3. The van der Waals surface area contributed by atoms with Gasteiger partial charge in [-0.1, -0.05) is 125 Å². The third kappa shape index (κ3) is 4.17. The molecule has 0 nitrogen and oxygen atoms in total. The topological polar surface area (TPSA) is 0 Å². The standard InChI is InChI=1S/C28H34/c1-2-3-4-5-6-7-8-17-26(27-20-18-22-13-9-11-15-24(22)27)28-21-19-23-14-10-12-16-25(23)28/h9-16,18-21,26-28H,2-8,17H2,1H3. The fraction of sp³-hybridized carbons (Fsp3) is 0.429. The third-order valence-electron chi connectivity index (χ3n) is 6.74. The fourth-order valence-corrected chi connectivity index (χ4v) is 5.22. The van der Waals surface area contributed by atoms with Gasteiger partial charge >= 0.3 is 0 Å². The molecule has 0 spiro atoms. The Labute approximate surface area is 171 Å². The molecule has 2 aromatic rings. The van der Waals surface area contributed by atoms with Gasteiger partial charge in [0.1, 0.15) is 0 Å². The van der Waals surface area contributed by atoms with Gasteiger partial charge in [0.05, 0.1) is 0 Å². The molecule has 2 unspecified atom stereocenters. The Morgan fingerprint density at radius 2 is 1.14 bits per heavy atom. The van der Waals surface area contributed by atoms with E-state index < -0.39 is 0 Å². The minimum atomic E-state index is 0.553. The zero-order valence-electron chi connectivity index (χ0n) is 17.3. The molecule has 0 N–H and O–H groups in total. The molecule has 0 bridgehead atoms. The predicted molar refractivity (Wildman–Crippen MR) is 123 cm³/mol. The van der Waals surface area contributed by atoms with E-state index in [9.17, 15) is 0 Å². The average molecular weight is 371 g/mol. The van der Waals surface area contributed by atoms with Gasteiger partial charge < -0.3 is 0 Å². The third-order valence-corrected chi connectivity index (χ3v) is 6.74. The molecular weight excluding hydrogens is 336 g/mol. The van der Waals surface area contributed by atoms with Crippen molar-refractivity contribution in [3.8, 4) is 0 Å². The summed E-state index contributed by atoms with van der Waals surface area (Å²) in [4.78, 5) is 0. The molecule has 2 aromatic carbocycles. The smallest absolute Gasteiger partial charge is 0.00643 e. The lowest BCUT2D eigenvalue weighted by atomic mass is 9.74. The molecule has 2 aliphatic carbocycles. The Bertz CT molecular complexity index is 764. The number of hydrogen-bond acceptors (Lipinski definition) is 0. The maximum atomic E-state index is 2.48. The molecule has 0 saturated carbocycles. The monoisotopic (exact) mass is 370 g/mol. The number of allylic oxidation sites excluding steroid dienone is 2. The van der Waals surface area contributed by atoms with Gasteiger partial charge in [-0.05, 0) is 34.6 Å². The molecule has 0 aromatic heterocycles. The van der Waals surface area contributed by atoms with E-state index in [1.807, 2.05) is 0 Å². The zero-order chi connectivity index (χ0) is 19.2. The number of benzene rings is 2. The van der Waals surface area contributed by atoms with Crippen LogP contribution in [0.5, 0.6) is 0 Å². The van der Waals surface area contributed by atoms with Crippen LogP contribution in [0.25, 0.3) is 12.2 Å². The van der Waals surface area contributed by atoms with Gasteiger partial charge in [0, 0.05) is 11.8 Å². The second-order valence-electron chi connectivity index (χ2n) is 8.60. The molecule has 146 valence electrons. The Morgan fingerprint density at radius 1 is 0.643 bits per heavy atom. The van der Waals surface area contributed by atoms with Crippen LogP contribution in [0.2, 0.25) is 0 Å². The molecule has 2 aliphatic rings. The number of unbranched alkanes of at least 4 members (excludes halogenated alkanes) is 6. The van der Waals surface area contributed by atoms with Gasteiger partial charge in [0.25, 0.3) is 0 Å². The molecule has 0 heteroatoms. The first kappa shape index (κ1) is 19.2. The molecule has 0 saturated heterocycles. The predicted octanol–water partition coefficient (Wildman–Crippen LogP) is 8.36. The maximum absolute atomic E-state index is 2.48. The lowest BCUT2D eigenvalue weighted by molar-refractivity contribution is 0.386. The van der Waals surface area contributed by atoms with Crippen LogP contribution in [0, 0.1) is 5.92 Å². The summed E-state index contributed by atoms with van der Waals surface area (Å²) in [5.41, 5.74) is 5.92. The SMILES string of the molecule is CCCCCCCCCC(C1C=Cc2ccccc21)C1C=Cc2ccccc21. The van der Waals surface area contributed by atoms with Crippen molar-refractivity contribution in [3.05, 3.63) is 82.9 Å². The molecule has 4 rings (SSSR count). The summed E-state index contributed by atoms with van der Waals surface area (Å²) >= 11 is 0. The van der Waals surface area contributed by atoms with Crippen LogP contribution < -0.4 is 0 Å². The van der Waals surface area contributed by atoms with Gasteiger partial charge in [-0.2, -0.15) is 0 Å². The Morgan fingerprint density at radius 3 is 1.71 bits per heavy atom. The summed E-state index contributed by atoms with van der Waals surface area (Å²) in [5.74, 6) is 1.77. The van der Waals surface area contributed by atoms with Gasteiger partial charge in [-0.25, -0.2) is 0 Å². The summed E-state index contributed by atoms with van der Waals surface area (Å²) < 4.78 is 0. The van der Waals surface area contributed by atoms with Crippen molar-refractivity contribution in [3.63, 3.8) is 0 Å². The van der Waals surface area contributed by atoms with Crippen molar-refractivity contribution in [1.82, 2.24) is 0 Å².